The van der Waals surface area contributed by atoms with Gasteiger partial charge in [-0.3, -0.25) is 4.79 Å². The Labute approximate surface area is 152 Å². The lowest BCUT2D eigenvalue weighted by atomic mass is 9.71. The number of nitrogens with one attached hydrogen (secondary N) is 2. The second-order valence-corrected chi connectivity index (χ2v) is 7.83. The molecule has 3 rings (SSSR count). The molecule has 1 unspecified atom stereocenters. The van der Waals surface area contributed by atoms with Gasteiger partial charge in [0.15, 0.2) is 0 Å². The maximum atomic E-state index is 13.0. The van der Waals surface area contributed by atoms with Gasteiger partial charge in [-0.25, -0.2) is 0 Å². The van der Waals surface area contributed by atoms with Crippen LogP contribution in [0.3, 0.4) is 0 Å². The molecule has 0 spiro atoms. The molecule has 6 heteroatoms. The number of hydrogen-bond acceptors (Lipinski definition) is 2. The summed E-state index contributed by atoms with van der Waals surface area (Å²) < 4.78 is 39.1. The van der Waals surface area contributed by atoms with Crippen LogP contribution < -0.4 is 10.6 Å². The first-order chi connectivity index (χ1) is 12.3. The van der Waals surface area contributed by atoms with Gasteiger partial charge < -0.3 is 10.6 Å². The molecule has 0 bridgehead atoms. The maximum absolute atomic E-state index is 13.0. The van der Waals surface area contributed by atoms with E-state index in [0.717, 1.165) is 38.4 Å². The summed E-state index contributed by atoms with van der Waals surface area (Å²) in [6, 6.07) is 5.40. The molecule has 3 nitrogen and oxygen atoms in total. The van der Waals surface area contributed by atoms with Crippen LogP contribution in [-0.2, 0) is 16.5 Å². The first-order valence-corrected chi connectivity index (χ1v) is 9.50. The van der Waals surface area contributed by atoms with Crippen molar-refractivity contribution in [2.45, 2.75) is 57.2 Å². The molecule has 0 aromatic heterocycles. The first kappa shape index (κ1) is 19.2. The molecule has 0 radical (unpaired) electrons. The number of carbonyl (C=O) groups is 1. The second kappa shape index (κ2) is 7.59. The van der Waals surface area contributed by atoms with Crippen molar-refractivity contribution in [1.82, 2.24) is 10.6 Å². The van der Waals surface area contributed by atoms with Gasteiger partial charge in [-0.05, 0) is 74.7 Å². The highest BCUT2D eigenvalue weighted by Gasteiger charge is 2.41. The van der Waals surface area contributed by atoms with Crippen molar-refractivity contribution in [1.29, 1.82) is 0 Å². The Bertz CT molecular complexity index is 634. The summed E-state index contributed by atoms with van der Waals surface area (Å²) in [5.74, 6) is 0.775. The number of piperidine rings is 1. The number of alkyl halides is 3. The van der Waals surface area contributed by atoms with Gasteiger partial charge >= 0.3 is 6.18 Å². The van der Waals surface area contributed by atoms with E-state index in [4.69, 9.17) is 0 Å². The molecule has 2 fully saturated rings. The summed E-state index contributed by atoms with van der Waals surface area (Å²) in [6.07, 6.45) is 0.532. The number of halogens is 3. The minimum absolute atomic E-state index is 0.0480. The van der Waals surface area contributed by atoms with Crippen molar-refractivity contribution in [2.75, 3.05) is 13.1 Å². The lowest BCUT2D eigenvalue weighted by Crippen LogP contribution is -2.51. The summed E-state index contributed by atoms with van der Waals surface area (Å²) in [6.45, 7) is 4.09. The van der Waals surface area contributed by atoms with Gasteiger partial charge in [-0.15, -0.1) is 0 Å². The van der Waals surface area contributed by atoms with Crippen LogP contribution in [0.5, 0.6) is 0 Å². The summed E-state index contributed by atoms with van der Waals surface area (Å²) in [4.78, 5) is 12.6. The molecule has 1 aliphatic heterocycles. The van der Waals surface area contributed by atoms with Crippen molar-refractivity contribution in [2.24, 2.45) is 11.8 Å². The van der Waals surface area contributed by atoms with Gasteiger partial charge in [0.2, 0.25) is 5.91 Å². The number of hydrogen-bond donors (Lipinski definition) is 2. The van der Waals surface area contributed by atoms with Gasteiger partial charge in [0.1, 0.15) is 0 Å². The highest BCUT2D eigenvalue weighted by Crippen LogP contribution is 2.43. The van der Waals surface area contributed by atoms with Crippen molar-refractivity contribution in [3.63, 3.8) is 0 Å². The number of benzene rings is 1. The van der Waals surface area contributed by atoms with Crippen LogP contribution in [0.25, 0.3) is 0 Å². The average Bonchev–Trinajstić information content (AvgIpc) is 2.58. The fraction of sp³-hybridized carbons (Fsp3) is 0.650. The van der Waals surface area contributed by atoms with E-state index in [-0.39, 0.29) is 11.8 Å². The molecule has 2 N–H and O–H groups in total. The third-order valence-corrected chi connectivity index (χ3v) is 6.02. The van der Waals surface area contributed by atoms with E-state index >= 15 is 0 Å². The van der Waals surface area contributed by atoms with Crippen LogP contribution in [-0.4, -0.2) is 19.0 Å². The third kappa shape index (κ3) is 4.22. The van der Waals surface area contributed by atoms with Gasteiger partial charge in [0.25, 0.3) is 0 Å². The van der Waals surface area contributed by atoms with Gasteiger partial charge in [0, 0.05) is 6.42 Å². The zero-order chi connectivity index (χ0) is 18.8. The molecule has 1 aromatic rings. The maximum Gasteiger partial charge on any atom is 0.416 e. The quantitative estimate of drug-likeness (QED) is 0.817. The summed E-state index contributed by atoms with van der Waals surface area (Å²) in [5, 5.41) is 6.40. The number of carbonyl (C=O) groups excluding carboxylic acids is 1. The molecule has 2 aliphatic rings. The molecule has 144 valence electrons. The molecule has 1 saturated carbocycles. The second-order valence-electron chi connectivity index (χ2n) is 7.83. The van der Waals surface area contributed by atoms with Gasteiger partial charge in [0.05, 0.1) is 11.1 Å². The fourth-order valence-electron chi connectivity index (χ4n) is 4.20. The van der Waals surface area contributed by atoms with E-state index in [1.807, 2.05) is 0 Å². The van der Waals surface area contributed by atoms with E-state index < -0.39 is 17.3 Å². The lowest BCUT2D eigenvalue weighted by molar-refractivity contribution is -0.137. The lowest BCUT2D eigenvalue weighted by Gasteiger charge is -2.43. The number of amides is 1. The molecule has 26 heavy (non-hydrogen) atoms. The topological polar surface area (TPSA) is 41.1 Å². The summed E-state index contributed by atoms with van der Waals surface area (Å²) >= 11 is 0. The van der Waals surface area contributed by atoms with Crippen LogP contribution in [0.2, 0.25) is 0 Å². The van der Waals surface area contributed by atoms with E-state index in [1.165, 1.54) is 12.1 Å². The third-order valence-electron chi connectivity index (χ3n) is 6.02. The Morgan fingerprint density at radius 3 is 2.58 bits per heavy atom. The molecule has 1 heterocycles. The van der Waals surface area contributed by atoms with Gasteiger partial charge in [-0.2, -0.15) is 13.2 Å². The normalized spacial score (nSPS) is 21.7. The fourth-order valence-corrected chi connectivity index (χ4v) is 4.20. The average molecular weight is 368 g/mol. The zero-order valence-electron chi connectivity index (χ0n) is 15.2. The highest BCUT2D eigenvalue weighted by atomic mass is 19.4. The minimum Gasteiger partial charge on any atom is -0.347 e. The van der Waals surface area contributed by atoms with Crippen molar-refractivity contribution >= 4 is 5.91 Å². The number of rotatable bonds is 5. The molecule has 1 saturated heterocycles. The van der Waals surface area contributed by atoms with Crippen LogP contribution in [0.1, 0.15) is 56.6 Å². The largest absolute Gasteiger partial charge is 0.416 e. The van der Waals surface area contributed by atoms with Crippen molar-refractivity contribution in [3.05, 3.63) is 35.4 Å². The van der Waals surface area contributed by atoms with Crippen LogP contribution in [0, 0.1) is 11.8 Å². The molecule has 1 atom stereocenters. The minimum atomic E-state index is -4.37. The Morgan fingerprint density at radius 1 is 1.31 bits per heavy atom. The van der Waals surface area contributed by atoms with E-state index in [1.54, 1.807) is 6.07 Å². The molecular weight excluding hydrogens is 341 g/mol. The van der Waals surface area contributed by atoms with Crippen molar-refractivity contribution in [3.8, 4) is 0 Å². The molecule has 1 amide bonds. The highest BCUT2D eigenvalue weighted by molar-refractivity contribution is 5.77. The van der Waals surface area contributed by atoms with Crippen molar-refractivity contribution < 1.29 is 18.0 Å². The zero-order valence-corrected chi connectivity index (χ0v) is 15.2. The summed E-state index contributed by atoms with van der Waals surface area (Å²) in [7, 11) is 0. The Kier molecular flexibility index (Phi) is 5.61. The van der Waals surface area contributed by atoms with E-state index in [9.17, 15) is 18.0 Å². The molecular formula is C20H27F3N2O. The predicted octanol–water partition coefficient (Wildman–Crippen LogP) is 4.23. The van der Waals surface area contributed by atoms with E-state index in [0.29, 0.717) is 30.7 Å². The van der Waals surface area contributed by atoms with Crippen LogP contribution >= 0.6 is 0 Å². The Morgan fingerprint density at radius 2 is 2.00 bits per heavy atom. The first-order valence-electron chi connectivity index (χ1n) is 9.50. The summed E-state index contributed by atoms with van der Waals surface area (Å²) in [5.41, 5.74) is -0.716. The van der Waals surface area contributed by atoms with E-state index in [2.05, 4.69) is 17.6 Å². The monoisotopic (exact) mass is 368 g/mol. The van der Waals surface area contributed by atoms with Gasteiger partial charge in [-0.1, -0.05) is 19.1 Å². The Balaban J connectivity index is 1.67. The molecule has 1 aliphatic carbocycles. The standard InChI is InChI=1S/C20H27F3N2O/c1-14(15-6-10-24-11-7-15)12-18(26)25-19(8-3-9-19)16-4-2-5-17(13-16)20(21,22)23/h2,4-5,13-15,24H,3,6-12H2,1H3,(H,25,26). The predicted molar refractivity (Wildman–Crippen MR) is 94.5 cm³/mol. The Hall–Kier alpha value is -1.56. The van der Waals surface area contributed by atoms with Crippen LogP contribution in [0.15, 0.2) is 24.3 Å². The smallest absolute Gasteiger partial charge is 0.347 e. The van der Waals surface area contributed by atoms with Crippen LogP contribution in [0.4, 0.5) is 13.2 Å². The SMILES string of the molecule is CC(CC(=O)NC1(c2cccc(C(F)(F)F)c2)CCC1)C1CCNCC1. The molecule has 1 aromatic carbocycles.